The van der Waals surface area contributed by atoms with Crippen LogP contribution in [0.25, 0.3) is 0 Å². The summed E-state index contributed by atoms with van der Waals surface area (Å²) in [6.45, 7) is 7.54. The van der Waals surface area contributed by atoms with Crippen LogP contribution in [0.2, 0.25) is 0 Å². The van der Waals surface area contributed by atoms with E-state index in [2.05, 4.69) is 19.1 Å². The Kier molecular flexibility index (Phi) is 8.44. The summed E-state index contributed by atoms with van der Waals surface area (Å²) in [6, 6.07) is 0. The standard InChI is InChI=1S/C22H38O4/c1-3-5-17-7-10-20(11-8-17)22-25-15-19(16-26-22)9-12-21-23-13-18(6-4-2)14-24-21/h4,6,17-22H,3,5,7-16H2,1-2H3/b6-4-. The maximum absolute atomic E-state index is 6.10. The van der Waals surface area contributed by atoms with Gasteiger partial charge < -0.3 is 18.9 Å². The number of allylic oxidation sites excluding steroid dienone is 1. The Labute approximate surface area is 159 Å². The molecule has 2 saturated heterocycles. The Morgan fingerprint density at radius 1 is 0.769 bits per heavy atom. The lowest BCUT2D eigenvalue weighted by atomic mass is 9.79. The third-order valence-corrected chi connectivity index (χ3v) is 6.23. The van der Waals surface area contributed by atoms with Crippen LogP contribution in [0.4, 0.5) is 0 Å². The minimum absolute atomic E-state index is 0.0394. The van der Waals surface area contributed by atoms with Crippen molar-refractivity contribution >= 4 is 0 Å². The summed E-state index contributed by atoms with van der Waals surface area (Å²) in [5, 5.41) is 0. The van der Waals surface area contributed by atoms with Crippen LogP contribution in [-0.2, 0) is 18.9 Å². The first-order valence-corrected chi connectivity index (χ1v) is 10.9. The van der Waals surface area contributed by atoms with Gasteiger partial charge in [0.15, 0.2) is 12.6 Å². The molecule has 26 heavy (non-hydrogen) atoms. The van der Waals surface area contributed by atoms with Crippen molar-refractivity contribution in [3.63, 3.8) is 0 Å². The lowest BCUT2D eigenvalue weighted by Crippen LogP contribution is -2.39. The lowest BCUT2D eigenvalue weighted by molar-refractivity contribution is -0.235. The van der Waals surface area contributed by atoms with Crippen LogP contribution in [0.3, 0.4) is 0 Å². The molecule has 0 aromatic carbocycles. The van der Waals surface area contributed by atoms with Gasteiger partial charge in [0.2, 0.25) is 0 Å². The second kappa shape index (κ2) is 10.8. The van der Waals surface area contributed by atoms with Crippen LogP contribution < -0.4 is 0 Å². The van der Waals surface area contributed by atoms with Crippen molar-refractivity contribution in [2.24, 2.45) is 23.7 Å². The zero-order valence-corrected chi connectivity index (χ0v) is 16.7. The van der Waals surface area contributed by atoms with Gasteiger partial charge >= 0.3 is 0 Å². The number of hydrogen-bond donors (Lipinski definition) is 0. The number of hydrogen-bond acceptors (Lipinski definition) is 4. The summed E-state index contributed by atoms with van der Waals surface area (Å²) in [5.41, 5.74) is 0. The molecule has 0 spiro atoms. The Balaban J connectivity index is 1.29. The van der Waals surface area contributed by atoms with Crippen molar-refractivity contribution in [3.05, 3.63) is 12.2 Å². The lowest BCUT2D eigenvalue weighted by Gasteiger charge is -2.38. The van der Waals surface area contributed by atoms with Crippen molar-refractivity contribution in [1.29, 1.82) is 0 Å². The smallest absolute Gasteiger partial charge is 0.160 e. The van der Waals surface area contributed by atoms with Crippen molar-refractivity contribution < 1.29 is 18.9 Å². The summed E-state index contributed by atoms with van der Waals surface area (Å²) >= 11 is 0. The molecule has 0 atom stereocenters. The van der Waals surface area contributed by atoms with E-state index in [0.717, 1.165) is 45.2 Å². The second-order valence-corrected chi connectivity index (χ2v) is 8.43. The minimum Gasteiger partial charge on any atom is -0.352 e. The summed E-state index contributed by atoms with van der Waals surface area (Å²) in [4.78, 5) is 0. The van der Waals surface area contributed by atoms with Crippen LogP contribution in [0, 0.1) is 23.7 Å². The fourth-order valence-corrected chi connectivity index (χ4v) is 4.63. The molecule has 2 heterocycles. The molecule has 150 valence electrons. The number of ether oxygens (including phenoxy) is 4. The predicted octanol–water partition coefficient (Wildman–Crippen LogP) is 4.93. The highest BCUT2D eigenvalue weighted by Crippen LogP contribution is 2.36. The highest BCUT2D eigenvalue weighted by molar-refractivity contribution is 4.86. The first-order valence-electron chi connectivity index (χ1n) is 10.9. The van der Waals surface area contributed by atoms with E-state index in [1.165, 1.54) is 38.5 Å². The molecule has 3 rings (SSSR count). The van der Waals surface area contributed by atoms with Crippen LogP contribution in [0.1, 0.15) is 65.2 Å². The van der Waals surface area contributed by atoms with Gasteiger partial charge in [-0.1, -0.05) is 31.9 Å². The Morgan fingerprint density at radius 3 is 2.08 bits per heavy atom. The van der Waals surface area contributed by atoms with E-state index in [1.807, 2.05) is 6.92 Å². The van der Waals surface area contributed by atoms with Gasteiger partial charge in [-0.25, -0.2) is 0 Å². The van der Waals surface area contributed by atoms with Crippen LogP contribution in [0.15, 0.2) is 12.2 Å². The van der Waals surface area contributed by atoms with Crippen LogP contribution in [0.5, 0.6) is 0 Å². The zero-order chi connectivity index (χ0) is 18.2. The van der Waals surface area contributed by atoms with Gasteiger partial charge in [0.05, 0.1) is 26.4 Å². The van der Waals surface area contributed by atoms with Gasteiger partial charge in [0.25, 0.3) is 0 Å². The molecule has 4 nitrogen and oxygen atoms in total. The summed E-state index contributed by atoms with van der Waals surface area (Å²) in [6.07, 6.45) is 14.2. The summed E-state index contributed by atoms with van der Waals surface area (Å²) in [5.74, 6) is 2.43. The Morgan fingerprint density at radius 2 is 1.46 bits per heavy atom. The molecule has 0 aromatic heterocycles. The number of rotatable bonds is 7. The molecule has 0 aromatic rings. The van der Waals surface area contributed by atoms with Crippen molar-refractivity contribution in [2.45, 2.75) is 77.8 Å². The molecule has 0 unspecified atom stereocenters. The topological polar surface area (TPSA) is 36.9 Å². The van der Waals surface area contributed by atoms with E-state index in [-0.39, 0.29) is 12.6 Å². The minimum atomic E-state index is -0.0527. The molecule has 4 heteroatoms. The van der Waals surface area contributed by atoms with Gasteiger partial charge in [-0.05, 0) is 51.4 Å². The fourth-order valence-electron chi connectivity index (χ4n) is 4.63. The highest BCUT2D eigenvalue weighted by atomic mass is 16.7. The Hall–Kier alpha value is -0.420. The van der Waals surface area contributed by atoms with Crippen molar-refractivity contribution in [2.75, 3.05) is 26.4 Å². The molecular formula is C22H38O4. The van der Waals surface area contributed by atoms with E-state index in [0.29, 0.717) is 17.8 Å². The molecular weight excluding hydrogens is 328 g/mol. The monoisotopic (exact) mass is 366 g/mol. The molecule has 0 amide bonds. The summed E-state index contributed by atoms with van der Waals surface area (Å²) in [7, 11) is 0. The van der Waals surface area contributed by atoms with Crippen LogP contribution in [-0.4, -0.2) is 39.0 Å². The van der Waals surface area contributed by atoms with E-state index in [9.17, 15) is 0 Å². The zero-order valence-electron chi connectivity index (χ0n) is 16.7. The van der Waals surface area contributed by atoms with E-state index >= 15 is 0 Å². The Bertz CT molecular complexity index is 400. The van der Waals surface area contributed by atoms with Gasteiger partial charge in [-0.3, -0.25) is 0 Å². The largest absolute Gasteiger partial charge is 0.352 e. The maximum atomic E-state index is 6.10. The average molecular weight is 367 g/mol. The van der Waals surface area contributed by atoms with Gasteiger partial charge in [0, 0.05) is 17.8 Å². The SMILES string of the molecule is C/C=C\C1COC(CCC2COC(C3CCC(CCC)CC3)OC2)OC1. The summed E-state index contributed by atoms with van der Waals surface area (Å²) < 4.78 is 23.9. The van der Waals surface area contributed by atoms with Gasteiger partial charge in [-0.2, -0.15) is 0 Å². The van der Waals surface area contributed by atoms with E-state index in [1.54, 1.807) is 0 Å². The van der Waals surface area contributed by atoms with Crippen LogP contribution >= 0.6 is 0 Å². The average Bonchev–Trinajstić information content (AvgIpc) is 2.69. The normalized spacial score (nSPS) is 39.3. The molecule has 0 bridgehead atoms. The first-order chi connectivity index (χ1) is 12.8. The molecule has 3 fully saturated rings. The third-order valence-electron chi connectivity index (χ3n) is 6.23. The van der Waals surface area contributed by atoms with Crippen molar-refractivity contribution in [1.82, 2.24) is 0 Å². The molecule has 0 N–H and O–H groups in total. The van der Waals surface area contributed by atoms with E-state index < -0.39 is 0 Å². The second-order valence-electron chi connectivity index (χ2n) is 8.43. The molecule has 2 aliphatic heterocycles. The quantitative estimate of drug-likeness (QED) is 0.599. The fraction of sp³-hybridized carbons (Fsp3) is 0.909. The van der Waals surface area contributed by atoms with Crippen molar-refractivity contribution in [3.8, 4) is 0 Å². The molecule has 1 saturated carbocycles. The van der Waals surface area contributed by atoms with Gasteiger partial charge in [-0.15, -0.1) is 0 Å². The predicted molar refractivity (Wildman–Crippen MR) is 103 cm³/mol. The maximum Gasteiger partial charge on any atom is 0.160 e. The first kappa shape index (κ1) is 20.3. The molecule has 0 radical (unpaired) electrons. The van der Waals surface area contributed by atoms with Gasteiger partial charge in [0.1, 0.15) is 0 Å². The molecule has 1 aliphatic carbocycles. The molecule has 3 aliphatic rings. The van der Waals surface area contributed by atoms with E-state index in [4.69, 9.17) is 18.9 Å². The highest BCUT2D eigenvalue weighted by Gasteiger charge is 2.32. The third kappa shape index (κ3) is 6.05.